The Hall–Kier alpha value is -2.77. The second kappa shape index (κ2) is 8.71. The second-order valence-electron chi connectivity index (χ2n) is 6.87. The zero-order chi connectivity index (χ0) is 20.2. The van der Waals surface area contributed by atoms with E-state index in [9.17, 15) is 9.18 Å². The van der Waals surface area contributed by atoms with Crippen LogP contribution < -0.4 is 10.1 Å². The molecular formula is C22H22FN3O2S. The summed E-state index contributed by atoms with van der Waals surface area (Å²) in [5, 5.41) is 3.53. The molecule has 7 heteroatoms. The molecule has 2 aromatic carbocycles. The molecule has 0 fully saturated rings. The summed E-state index contributed by atoms with van der Waals surface area (Å²) in [7, 11) is 0. The molecule has 0 saturated carbocycles. The van der Waals surface area contributed by atoms with Crippen LogP contribution >= 0.6 is 11.3 Å². The summed E-state index contributed by atoms with van der Waals surface area (Å²) in [6.07, 6.45) is 0.910. The summed E-state index contributed by atoms with van der Waals surface area (Å²) in [6, 6.07) is 13.2. The Morgan fingerprint density at radius 2 is 2.03 bits per heavy atom. The van der Waals surface area contributed by atoms with E-state index in [1.165, 1.54) is 28.3 Å². The lowest BCUT2D eigenvalue weighted by Crippen LogP contribution is -2.29. The second-order valence-corrected chi connectivity index (χ2v) is 7.96. The molecule has 0 atom stereocenters. The van der Waals surface area contributed by atoms with E-state index < -0.39 is 0 Å². The largest absolute Gasteiger partial charge is 0.488 e. The fourth-order valence-corrected chi connectivity index (χ4v) is 4.30. The summed E-state index contributed by atoms with van der Waals surface area (Å²) in [4.78, 5) is 21.0. The van der Waals surface area contributed by atoms with Gasteiger partial charge in [-0.25, -0.2) is 9.37 Å². The first-order valence-corrected chi connectivity index (χ1v) is 10.4. The highest BCUT2D eigenvalue weighted by Crippen LogP contribution is 2.29. The van der Waals surface area contributed by atoms with Gasteiger partial charge in [0, 0.05) is 24.4 Å². The SMILES string of the molecule is CCN1CCc2nc(NC(=O)c3ccccc3OCc3ccc(F)cc3)sc2C1. The predicted molar refractivity (Wildman–Crippen MR) is 112 cm³/mol. The topological polar surface area (TPSA) is 54.5 Å². The Kier molecular flexibility index (Phi) is 5.87. The van der Waals surface area contributed by atoms with Crippen molar-refractivity contribution in [1.29, 1.82) is 0 Å². The van der Waals surface area contributed by atoms with Crippen molar-refractivity contribution in [2.45, 2.75) is 26.5 Å². The third kappa shape index (κ3) is 4.63. The van der Waals surface area contributed by atoms with Crippen LogP contribution in [0.1, 0.15) is 33.4 Å². The molecule has 150 valence electrons. The fourth-order valence-electron chi connectivity index (χ4n) is 3.26. The molecule has 29 heavy (non-hydrogen) atoms. The van der Waals surface area contributed by atoms with Crippen LogP contribution in [-0.2, 0) is 19.6 Å². The average molecular weight is 412 g/mol. The van der Waals surface area contributed by atoms with Crippen LogP contribution in [-0.4, -0.2) is 28.9 Å². The van der Waals surface area contributed by atoms with Crippen LogP contribution in [0.3, 0.4) is 0 Å². The smallest absolute Gasteiger partial charge is 0.261 e. The average Bonchev–Trinajstić information content (AvgIpc) is 3.14. The molecule has 1 amide bonds. The summed E-state index contributed by atoms with van der Waals surface area (Å²) in [6.45, 7) is 5.30. The number of carbonyl (C=O) groups is 1. The Bertz CT molecular complexity index is 1000. The summed E-state index contributed by atoms with van der Waals surface area (Å²) < 4.78 is 18.9. The number of thiazole rings is 1. The minimum absolute atomic E-state index is 0.252. The molecule has 2 heterocycles. The lowest BCUT2D eigenvalue weighted by molar-refractivity contribution is 0.102. The van der Waals surface area contributed by atoms with E-state index in [0.717, 1.165) is 37.3 Å². The monoisotopic (exact) mass is 411 g/mol. The minimum Gasteiger partial charge on any atom is -0.488 e. The highest BCUT2D eigenvalue weighted by Gasteiger charge is 2.21. The van der Waals surface area contributed by atoms with Crippen molar-refractivity contribution in [2.75, 3.05) is 18.4 Å². The molecule has 0 bridgehead atoms. The highest BCUT2D eigenvalue weighted by atomic mass is 32.1. The molecule has 1 N–H and O–H groups in total. The van der Waals surface area contributed by atoms with Crippen molar-refractivity contribution in [1.82, 2.24) is 9.88 Å². The first-order chi connectivity index (χ1) is 14.1. The van der Waals surface area contributed by atoms with E-state index in [-0.39, 0.29) is 18.3 Å². The van der Waals surface area contributed by atoms with Crippen LogP contribution in [0, 0.1) is 5.82 Å². The van der Waals surface area contributed by atoms with E-state index in [1.54, 1.807) is 30.3 Å². The molecule has 5 nitrogen and oxygen atoms in total. The molecule has 1 aliphatic heterocycles. The third-order valence-corrected chi connectivity index (χ3v) is 5.92. The number of halogens is 1. The molecule has 3 aromatic rings. The van der Waals surface area contributed by atoms with Gasteiger partial charge in [-0.2, -0.15) is 0 Å². The van der Waals surface area contributed by atoms with Gasteiger partial charge in [0.25, 0.3) is 5.91 Å². The van der Waals surface area contributed by atoms with Gasteiger partial charge in [0.2, 0.25) is 0 Å². The number of hydrogen-bond acceptors (Lipinski definition) is 5. The van der Waals surface area contributed by atoms with Crippen LogP contribution in [0.5, 0.6) is 5.75 Å². The number of fused-ring (bicyclic) bond motifs is 1. The number of benzene rings is 2. The number of anilines is 1. The number of hydrogen-bond donors (Lipinski definition) is 1. The molecule has 1 aliphatic rings. The lowest BCUT2D eigenvalue weighted by atomic mass is 10.2. The van der Waals surface area contributed by atoms with Gasteiger partial charge in [0.1, 0.15) is 18.2 Å². The maximum atomic E-state index is 13.1. The van der Waals surface area contributed by atoms with Gasteiger partial charge in [-0.05, 0) is 36.4 Å². The van der Waals surface area contributed by atoms with Gasteiger partial charge in [-0.3, -0.25) is 15.0 Å². The fraction of sp³-hybridized carbons (Fsp3) is 0.273. The van der Waals surface area contributed by atoms with Gasteiger partial charge in [-0.15, -0.1) is 11.3 Å². The summed E-state index contributed by atoms with van der Waals surface area (Å²) in [5.74, 6) is -0.0623. The van der Waals surface area contributed by atoms with Crippen molar-refractivity contribution in [3.8, 4) is 5.75 Å². The van der Waals surface area contributed by atoms with E-state index in [2.05, 4.69) is 22.1 Å². The number of carbonyl (C=O) groups excluding carboxylic acids is 1. The molecule has 0 saturated heterocycles. The van der Waals surface area contributed by atoms with Gasteiger partial charge < -0.3 is 4.74 Å². The molecule has 4 rings (SSSR count). The molecule has 0 aliphatic carbocycles. The number of aromatic nitrogens is 1. The van der Waals surface area contributed by atoms with Crippen LogP contribution in [0.2, 0.25) is 0 Å². The Morgan fingerprint density at radius 1 is 1.24 bits per heavy atom. The number of para-hydroxylation sites is 1. The van der Waals surface area contributed by atoms with Crippen molar-refractivity contribution < 1.29 is 13.9 Å². The van der Waals surface area contributed by atoms with Crippen molar-refractivity contribution in [3.63, 3.8) is 0 Å². The number of ether oxygens (including phenoxy) is 1. The third-order valence-electron chi connectivity index (χ3n) is 4.92. The zero-order valence-electron chi connectivity index (χ0n) is 16.2. The molecule has 1 aromatic heterocycles. The number of nitrogens with zero attached hydrogens (tertiary/aromatic N) is 2. The molecule has 0 unspecified atom stereocenters. The summed E-state index contributed by atoms with van der Waals surface area (Å²) in [5.41, 5.74) is 2.35. The molecule has 0 spiro atoms. The van der Waals surface area contributed by atoms with Crippen LogP contribution in [0.4, 0.5) is 9.52 Å². The molecular weight excluding hydrogens is 389 g/mol. The van der Waals surface area contributed by atoms with Crippen molar-refractivity contribution in [3.05, 3.63) is 76.0 Å². The lowest BCUT2D eigenvalue weighted by Gasteiger charge is -2.23. The quantitative estimate of drug-likeness (QED) is 0.649. The van der Waals surface area contributed by atoms with E-state index in [0.29, 0.717) is 16.4 Å². The first-order valence-electron chi connectivity index (χ1n) is 9.61. The summed E-state index contributed by atoms with van der Waals surface area (Å²) >= 11 is 1.53. The maximum absolute atomic E-state index is 13.1. The number of amides is 1. The number of rotatable bonds is 6. The van der Waals surface area contributed by atoms with Crippen LogP contribution in [0.25, 0.3) is 0 Å². The van der Waals surface area contributed by atoms with Gasteiger partial charge in [0.05, 0.1) is 11.3 Å². The minimum atomic E-state index is -0.290. The predicted octanol–water partition coefficient (Wildman–Crippen LogP) is 4.49. The molecule has 0 radical (unpaired) electrons. The zero-order valence-corrected chi connectivity index (χ0v) is 17.0. The van der Waals surface area contributed by atoms with E-state index in [4.69, 9.17) is 4.74 Å². The van der Waals surface area contributed by atoms with Gasteiger partial charge >= 0.3 is 0 Å². The first kappa shape index (κ1) is 19.5. The standard InChI is InChI=1S/C22H22FN3O2S/c1-2-26-12-11-18-20(13-26)29-22(24-18)25-21(27)17-5-3-4-6-19(17)28-14-15-7-9-16(23)10-8-15/h3-10H,2,11-14H2,1H3,(H,24,25,27). The Labute approximate surface area is 173 Å². The normalized spacial score (nSPS) is 13.7. The number of likely N-dealkylation sites (N-methyl/N-ethyl adjacent to an activating group) is 1. The van der Waals surface area contributed by atoms with Crippen molar-refractivity contribution in [2.24, 2.45) is 0 Å². The van der Waals surface area contributed by atoms with Crippen LogP contribution in [0.15, 0.2) is 48.5 Å². The van der Waals surface area contributed by atoms with E-state index in [1.807, 2.05) is 6.07 Å². The van der Waals surface area contributed by atoms with E-state index >= 15 is 0 Å². The maximum Gasteiger partial charge on any atom is 0.261 e. The van der Waals surface area contributed by atoms with Crippen molar-refractivity contribution >= 4 is 22.4 Å². The Morgan fingerprint density at radius 3 is 2.83 bits per heavy atom. The number of nitrogens with one attached hydrogen (secondary N) is 1. The van der Waals surface area contributed by atoms with Gasteiger partial charge in [0.15, 0.2) is 5.13 Å². The van der Waals surface area contributed by atoms with Gasteiger partial charge in [-0.1, -0.05) is 31.2 Å². The highest BCUT2D eigenvalue weighted by molar-refractivity contribution is 7.15. The Balaban J connectivity index is 1.45.